The van der Waals surface area contributed by atoms with Crippen LogP contribution in [0.4, 0.5) is 0 Å². The van der Waals surface area contributed by atoms with Crippen LogP contribution < -0.4 is 9.47 Å². The highest BCUT2D eigenvalue weighted by molar-refractivity contribution is 5.58. The number of nitrogens with zero attached hydrogens (tertiary/aromatic N) is 1. The van der Waals surface area contributed by atoms with Crippen molar-refractivity contribution in [3.05, 3.63) is 47.1 Å². The van der Waals surface area contributed by atoms with Crippen LogP contribution in [0.5, 0.6) is 11.5 Å². The van der Waals surface area contributed by atoms with E-state index in [0.29, 0.717) is 18.0 Å². The van der Waals surface area contributed by atoms with Crippen molar-refractivity contribution in [2.45, 2.75) is 24.2 Å². The van der Waals surface area contributed by atoms with E-state index in [2.05, 4.69) is 23.1 Å². The number of fused-ring (bicyclic) bond motifs is 1. The van der Waals surface area contributed by atoms with Crippen molar-refractivity contribution in [1.82, 2.24) is 4.90 Å². The lowest BCUT2D eigenvalue weighted by atomic mass is 9.71. The van der Waals surface area contributed by atoms with Gasteiger partial charge >= 0.3 is 0 Å². The Balaban J connectivity index is 1.94. The van der Waals surface area contributed by atoms with Gasteiger partial charge in [0.15, 0.2) is 11.5 Å². The van der Waals surface area contributed by atoms with E-state index in [9.17, 15) is 5.11 Å². The zero-order chi connectivity index (χ0) is 16.9. The third-order valence-electron chi connectivity index (χ3n) is 5.59. The summed E-state index contributed by atoms with van der Waals surface area (Å²) in [6.07, 6.45) is 6.88. The van der Waals surface area contributed by atoms with Crippen molar-refractivity contribution in [1.29, 1.82) is 0 Å². The summed E-state index contributed by atoms with van der Waals surface area (Å²) in [6, 6.07) is 3.94. The van der Waals surface area contributed by atoms with Gasteiger partial charge in [-0.05, 0) is 28.8 Å². The lowest BCUT2D eigenvalue weighted by molar-refractivity contribution is 0.0107. The van der Waals surface area contributed by atoms with Gasteiger partial charge < -0.3 is 19.3 Å². The average Bonchev–Trinajstić information content (AvgIpc) is 2.99. The molecule has 128 valence electrons. The summed E-state index contributed by atoms with van der Waals surface area (Å²) in [6.45, 7) is 1.44. The SMILES string of the molecule is COc1cc2c(cc1OC)[C@]13C[C@@H](OC)C=CC1=CCN3C[C@H]2O. The van der Waals surface area contributed by atoms with Gasteiger partial charge in [-0.25, -0.2) is 0 Å². The number of rotatable bonds is 3. The Kier molecular flexibility index (Phi) is 3.67. The third kappa shape index (κ3) is 1.98. The first-order chi connectivity index (χ1) is 11.6. The van der Waals surface area contributed by atoms with Crippen molar-refractivity contribution in [3.8, 4) is 11.5 Å². The Labute approximate surface area is 142 Å². The molecule has 0 bridgehead atoms. The summed E-state index contributed by atoms with van der Waals surface area (Å²) >= 11 is 0. The Morgan fingerprint density at radius 2 is 1.92 bits per heavy atom. The molecule has 1 spiro atoms. The second-order valence-electron chi connectivity index (χ2n) is 6.57. The van der Waals surface area contributed by atoms with Crippen LogP contribution in [-0.2, 0) is 10.3 Å². The summed E-state index contributed by atoms with van der Waals surface area (Å²) < 4.78 is 16.6. The zero-order valence-electron chi connectivity index (χ0n) is 14.3. The molecule has 2 aliphatic heterocycles. The molecule has 0 radical (unpaired) electrons. The normalized spacial score (nSPS) is 31.1. The Bertz CT molecular complexity index is 726. The van der Waals surface area contributed by atoms with Gasteiger partial charge in [0.2, 0.25) is 0 Å². The molecule has 0 amide bonds. The molecular formula is C19H23NO4. The molecule has 5 heteroatoms. The molecule has 1 aromatic carbocycles. The fraction of sp³-hybridized carbons (Fsp3) is 0.474. The highest BCUT2D eigenvalue weighted by Gasteiger charge is 2.52. The summed E-state index contributed by atoms with van der Waals surface area (Å²) in [5.41, 5.74) is 3.02. The first kappa shape index (κ1) is 15.7. The molecule has 2 heterocycles. The first-order valence-electron chi connectivity index (χ1n) is 8.25. The largest absolute Gasteiger partial charge is 0.493 e. The highest BCUT2D eigenvalue weighted by Crippen LogP contribution is 2.54. The van der Waals surface area contributed by atoms with Crippen molar-refractivity contribution < 1.29 is 19.3 Å². The quantitative estimate of drug-likeness (QED) is 0.921. The molecule has 3 aliphatic rings. The van der Waals surface area contributed by atoms with Crippen LogP contribution in [0.2, 0.25) is 0 Å². The first-order valence-corrected chi connectivity index (χ1v) is 8.25. The molecule has 0 aromatic heterocycles. The van der Waals surface area contributed by atoms with E-state index in [0.717, 1.165) is 24.1 Å². The minimum Gasteiger partial charge on any atom is -0.493 e. The number of benzene rings is 1. The van der Waals surface area contributed by atoms with E-state index < -0.39 is 6.10 Å². The van der Waals surface area contributed by atoms with Gasteiger partial charge in [0, 0.05) is 26.6 Å². The molecule has 0 saturated heterocycles. The van der Waals surface area contributed by atoms with Gasteiger partial charge in [-0.2, -0.15) is 0 Å². The number of aliphatic hydroxyl groups excluding tert-OH is 1. The lowest BCUT2D eigenvalue weighted by Crippen LogP contribution is -2.52. The van der Waals surface area contributed by atoms with Gasteiger partial charge in [0.25, 0.3) is 0 Å². The van der Waals surface area contributed by atoms with Gasteiger partial charge in [-0.15, -0.1) is 0 Å². The average molecular weight is 329 g/mol. The molecule has 1 aliphatic carbocycles. The topological polar surface area (TPSA) is 51.2 Å². The summed E-state index contributed by atoms with van der Waals surface area (Å²) in [4.78, 5) is 2.34. The van der Waals surface area contributed by atoms with Crippen molar-refractivity contribution in [2.24, 2.45) is 0 Å². The molecule has 1 N–H and O–H groups in total. The second-order valence-corrected chi connectivity index (χ2v) is 6.57. The number of hydrogen-bond donors (Lipinski definition) is 1. The van der Waals surface area contributed by atoms with Crippen LogP contribution in [0.25, 0.3) is 0 Å². The molecule has 24 heavy (non-hydrogen) atoms. The lowest BCUT2D eigenvalue weighted by Gasteiger charge is -2.49. The van der Waals surface area contributed by atoms with Crippen molar-refractivity contribution >= 4 is 0 Å². The Hall–Kier alpha value is -1.82. The molecule has 5 nitrogen and oxygen atoms in total. The van der Waals surface area contributed by atoms with Crippen LogP contribution in [0, 0.1) is 0 Å². The van der Waals surface area contributed by atoms with Crippen molar-refractivity contribution in [2.75, 3.05) is 34.4 Å². The fourth-order valence-electron chi connectivity index (χ4n) is 4.40. The Morgan fingerprint density at radius 3 is 2.62 bits per heavy atom. The molecule has 4 rings (SSSR count). The molecule has 3 atom stereocenters. The number of hydrogen-bond acceptors (Lipinski definition) is 5. The number of aliphatic hydroxyl groups is 1. The third-order valence-corrected chi connectivity index (χ3v) is 5.59. The number of methoxy groups -OCH3 is 3. The zero-order valence-corrected chi connectivity index (χ0v) is 14.3. The van der Waals surface area contributed by atoms with Gasteiger partial charge in [0.1, 0.15) is 0 Å². The molecule has 0 unspecified atom stereocenters. The molecule has 1 aromatic rings. The van der Waals surface area contributed by atoms with Crippen LogP contribution in [-0.4, -0.2) is 50.5 Å². The van der Waals surface area contributed by atoms with Crippen LogP contribution in [0.15, 0.2) is 35.9 Å². The minimum atomic E-state index is -0.537. The minimum absolute atomic E-state index is 0.0546. The number of ether oxygens (including phenoxy) is 3. The second kappa shape index (κ2) is 5.62. The maximum absolute atomic E-state index is 10.7. The smallest absolute Gasteiger partial charge is 0.161 e. The van der Waals surface area contributed by atoms with Crippen LogP contribution in [0.1, 0.15) is 23.7 Å². The molecule has 0 saturated carbocycles. The van der Waals surface area contributed by atoms with E-state index in [-0.39, 0.29) is 11.6 Å². The van der Waals surface area contributed by atoms with Crippen LogP contribution >= 0.6 is 0 Å². The predicted molar refractivity (Wildman–Crippen MR) is 90.4 cm³/mol. The van der Waals surface area contributed by atoms with Crippen molar-refractivity contribution in [3.63, 3.8) is 0 Å². The standard InChI is InChI=1S/C19H23NO4/c1-22-13-5-4-12-6-7-20-11-16(21)14-8-17(23-2)18(24-3)9-15(14)19(12,20)10-13/h4-6,8-9,13,16,21H,7,10-11H2,1-3H3/t13-,16+,19-/m0/s1. The molecular weight excluding hydrogens is 306 g/mol. The molecule has 0 fully saturated rings. The van der Waals surface area contributed by atoms with Gasteiger partial charge in [-0.1, -0.05) is 18.2 Å². The summed E-state index contributed by atoms with van der Waals surface area (Å²) in [5.74, 6) is 1.34. The van der Waals surface area contributed by atoms with Gasteiger partial charge in [0.05, 0.1) is 32.0 Å². The van der Waals surface area contributed by atoms with E-state index in [4.69, 9.17) is 14.2 Å². The maximum Gasteiger partial charge on any atom is 0.161 e. The predicted octanol–water partition coefficient (Wildman–Crippen LogP) is 2.16. The van der Waals surface area contributed by atoms with Crippen LogP contribution in [0.3, 0.4) is 0 Å². The van der Waals surface area contributed by atoms with Gasteiger partial charge in [-0.3, -0.25) is 4.90 Å². The summed E-state index contributed by atoms with van der Waals surface area (Å²) in [5, 5.41) is 10.7. The van der Waals surface area contributed by atoms with E-state index in [1.54, 1.807) is 21.3 Å². The van der Waals surface area contributed by atoms with E-state index in [1.807, 2.05) is 12.1 Å². The Morgan fingerprint density at radius 1 is 1.17 bits per heavy atom. The van der Waals surface area contributed by atoms with E-state index in [1.165, 1.54) is 5.57 Å². The maximum atomic E-state index is 10.7. The monoisotopic (exact) mass is 329 g/mol. The highest BCUT2D eigenvalue weighted by atomic mass is 16.5. The fourth-order valence-corrected chi connectivity index (χ4v) is 4.40. The van der Waals surface area contributed by atoms with E-state index >= 15 is 0 Å². The summed E-state index contributed by atoms with van der Waals surface area (Å²) in [7, 11) is 5.01.